The highest BCUT2D eigenvalue weighted by molar-refractivity contribution is 6.22. The zero-order valence-electron chi connectivity index (χ0n) is 16.0. The monoisotopic (exact) mass is 388 g/mol. The molecular formula is C22H20N4O3. The first-order valence-corrected chi connectivity index (χ1v) is 9.43. The van der Waals surface area contributed by atoms with Gasteiger partial charge < -0.3 is 4.57 Å². The van der Waals surface area contributed by atoms with E-state index in [1.54, 1.807) is 6.07 Å². The van der Waals surface area contributed by atoms with Crippen molar-refractivity contribution in [2.75, 3.05) is 11.9 Å². The van der Waals surface area contributed by atoms with Crippen molar-refractivity contribution in [3.8, 4) is 0 Å². The quantitative estimate of drug-likeness (QED) is 0.518. The Balaban J connectivity index is 1.65. The van der Waals surface area contributed by atoms with Gasteiger partial charge in [0.05, 0.1) is 22.2 Å². The Kier molecular flexibility index (Phi) is 4.72. The predicted molar refractivity (Wildman–Crippen MR) is 110 cm³/mol. The molecule has 0 atom stereocenters. The van der Waals surface area contributed by atoms with E-state index in [-0.39, 0.29) is 23.9 Å². The Bertz CT molecular complexity index is 1160. The molecule has 2 heterocycles. The van der Waals surface area contributed by atoms with Gasteiger partial charge in [-0.15, -0.1) is 6.58 Å². The molecular weight excluding hydrogens is 368 g/mol. The van der Waals surface area contributed by atoms with Crippen LogP contribution in [0.3, 0.4) is 0 Å². The van der Waals surface area contributed by atoms with Gasteiger partial charge in [-0.1, -0.05) is 25.1 Å². The van der Waals surface area contributed by atoms with Crippen molar-refractivity contribution in [2.45, 2.75) is 19.9 Å². The number of rotatable bonds is 6. The zero-order chi connectivity index (χ0) is 20.5. The molecule has 0 aliphatic carbocycles. The third-order valence-electron chi connectivity index (χ3n) is 4.87. The second kappa shape index (κ2) is 7.35. The van der Waals surface area contributed by atoms with E-state index in [0.29, 0.717) is 23.6 Å². The number of aromatic nitrogens is 2. The van der Waals surface area contributed by atoms with Gasteiger partial charge in [-0.2, -0.15) is 0 Å². The van der Waals surface area contributed by atoms with Crippen molar-refractivity contribution in [2.24, 2.45) is 0 Å². The smallest absolute Gasteiger partial charge is 0.261 e. The van der Waals surface area contributed by atoms with Gasteiger partial charge >= 0.3 is 0 Å². The number of aryl methyl sites for hydroxylation is 1. The molecule has 0 fully saturated rings. The molecule has 7 heteroatoms. The molecule has 3 amide bonds. The van der Waals surface area contributed by atoms with Crippen LogP contribution in [0.25, 0.3) is 11.0 Å². The summed E-state index contributed by atoms with van der Waals surface area (Å²) in [5.41, 5.74) is 2.56. The second-order valence-electron chi connectivity index (χ2n) is 6.80. The van der Waals surface area contributed by atoms with Crippen LogP contribution in [0.5, 0.6) is 0 Å². The van der Waals surface area contributed by atoms with Crippen molar-refractivity contribution in [3.05, 3.63) is 71.8 Å². The van der Waals surface area contributed by atoms with E-state index < -0.39 is 5.91 Å². The molecule has 0 radical (unpaired) electrons. The number of para-hydroxylation sites is 2. The number of carbonyl (C=O) groups is 3. The van der Waals surface area contributed by atoms with E-state index >= 15 is 0 Å². The summed E-state index contributed by atoms with van der Waals surface area (Å²) in [6, 6.07) is 12.2. The minimum absolute atomic E-state index is 0.134. The maximum absolute atomic E-state index is 12.9. The normalized spacial score (nSPS) is 13.1. The summed E-state index contributed by atoms with van der Waals surface area (Å²) in [6.45, 7) is 6.47. The molecule has 1 aliphatic rings. The Morgan fingerprint density at radius 3 is 2.66 bits per heavy atom. The van der Waals surface area contributed by atoms with E-state index in [1.165, 1.54) is 18.2 Å². The number of imide groups is 1. The van der Waals surface area contributed by atoms with E-state index in [1.807, 2.05) is 28.8 Å². The molecule has 1 aromatic heterocycles. The summed E-state index contributed by atoms with van der Waals surface area (Å²) < 4.78 is 1.96. The summed E-state index contributed by atoms with van der Waals surface area (Å²) in [6.07, 6.45) is 2.38. The number of fused-ring (bicyclic) bond motifs is 2. The maximum atomic E-state index is 12.9. The van der Waals surface area contributed by atoms with Crippen molar-refractivity contribution in [3.63, 3.8) is 0 Å². The van der Waals surface area contributed by atoms with Gasteiger partial charge in [0.1, 0.15) is 0 Å². The molecule has 29 heavy (non-hydrogen) atoms. The first-order valence-electron chi connectivity index (χ1n) is 9.43. The van der Waals surface area contributed by atoms with Gasteiger partial charge in [0.2, 0.25) is 5.95 Å². The SMILES string of the molecule is C=CCN1C(=O)c2ccc(C(=O)Nc3nc4ccccc4n3CCC)cc2C1=O. The van der Waals surface area contributed by atoms with Gasteiger partial charge in [-0.3, -0.25) is 24.6 Å². The van der Waals surface area contributed by atoms with Crippen LogP contribution in [-0.2, 0) is 6.54 Å². The number of benzene rings is 2. The lowest BCUT2D eigenvalue weighted by molar-refractivity contribution is 0.0672. The molecule has 1 aliphatic heterocycles. The average molecular weight is 388 g/mol. The lowest BCUT2D eigenvalue weighted by Gasteiger charge is -2.09. The van der Waals surface area contributed by atoms with Crippen molar-refractivity contribution in [1.29, 1.82) is 0 Å². The van der Waals surface area contributed by atoms with Gasteiger partial charge in [-0.05, 0) is 36.8 Å². The van der Waals surface area contributed by atoms with Crippen LogP contribution in [0.2, 0.25) is 0 Å². The molecule has 3 aromatic rings. The fourth-order valence-electron chi connectivity index (χ4n) is 3.52. The molecule has 0 saturated carbocycles. The Morgan fingerprint density at radius 2 is 1.90 bits per heavy atom. The lowest BCUT2D eigenvalue weighted by atomic mass is 10.1. The van der Waals surface area contributed by atoms with Gasteiger partial charge in [0.15, 0.2) is 0 Å². The van der Waals surface area contributed by atoms with E-state index in [9.17, 15) is 14.4 Å². The molecule has 0 bridgehead atoms. The summed E-state index contributed by atoms with van der Waals surface area (Å²) in [7, 11) is 0. The molecule has 0 saturated heterocycles. The Hall–Kier alpha value is -3.74. The number of imidazole rings is 1. The molecule has 1 N–H and O–H groups in total. The summed E-state index contributed by atoms with van der Waals surface area (Å²) in [4.78, 5) is 43.3. The van der Waals surface area contributed by atoms with Crippen LogP contribution < -0.4 is 5.32 Å². The number of amides is 3. The molecule has 146 valence electrons. The summed E-state index contributed by atoms with van der Waals surface area (Å²) in [5, 5.41) is 2.84. The highest BCUT2D eigenvalue weighted by atomic mass is 16.2. The molecule has 2 aromatic carbocycles. The van der Waals surface area contributed by atoms with Crippen LogP contribution in [0, 0.1) is 0 Å². The van der Waals surface area contributed by atoms with E-state index in [4.69, 9.17) is 0 Å². The highest BCUT2D eigenvalue weighted by Gasteiger charge is 2.35. The number of nitrogens with one attached hydrogen (secondary N) is 1. The summed E-state index contributed by atoms with van der Waals surface area (Å²) >= 11 is 0. The van der Waals surface area contributed by atoms with Crippen LogP contribution in [0.4, 0.5) is 5.95 Å². The number of hydrogen-bond acceptors (Lipinski definition) is 4. The largest absolute Gasteiger partial charge is 0.310 e. The van der Waals surface area contributed by atoms with Gasteiger partial charge in [-0.25, -0.2) is 4.98 Å². The van der Waals surface area contributed by atoms with Crippen molar-refractivity contribution >= 4 is 34.7 Å². The van der Waals surface area contributed by atoms with Gasteiger partial charge in [0, 0.05) is 18.7 Å². The minimum atomic E-state index is -0.419. The lowest BCUT2D eigenvalue weighted by Crippen LogP contribution is -2.29. The number of carbonyl (C=O) groups excluding carboxylic acids is 3. The van der Waals surface area contributed by atoms with Crippen molar-refractivity contribution < 1.29 is 14.4 Å². The second-order valence-corrected chi connectivity index (χ2v) is 6.80. The van der Waals surface area contributed by atoms with Crippen molar-refractivity contribution in [1.82, 2.24) is 14.5 Å². The first kappa shape index (κ1) is 18.6. The third kappa shape index (κ3) is 3.10. The molecule has 0 unspecified atom stereocenters. The van der Waals surface area contributed by atoms with Crippen LogP contribution in [0.15, 0.2) is 55.1 Å². The average Bonchev–Trinajstić information content (AvgIpc) is 3.18. The standard InChI is InChI=1S/C22H20N4O3/c1-3-11-25-18-8-6-5-7-17(18)23-22(25)24-19(27)14-9-10-15-16(13-14)21(29)26(12-4-2)20(15)28/h4-10,13H,2-3,11-12H2,1H3,(H,23,24,27). The predicted octanol–water partition coefficient (Wildman–Crippen LogP) is 3.48. The number of hydrogen-bond donors (Lipinski definition) is 1. The fourth-order valence-corrected chi connectivity index (χ4v) is 3.52. The first-order chi connectivity index (χ1) is 14.0. The maximum Gasteiger partial charge on any atom is 0.261 e. The van der Waals surface area contributed by atoms with E-state index in [0.717, 1.165) is 22.4 Å². The van der Waals surface area contributed by atoms with Gasteiger partial charge in [0.25, 0.3) is 17.7 Å². The Morgan fingerprint density at radius 1 is 1.14 bits per heavy atom. The van der Waals surface area contributed by atoms with Crippen LogP contribution in [-0.4, -0.2) is 38.7 Å². The Labute approximate surface area is 167 Å². The highest BCUT2D eigenvalue weighted by Crippen LogP contribution is 2.25. The fraction of sp³-hybridized carbons (Fsp3) is 0.182. The molecule has 4 rings (SSSR count). The van der Waals surface area contributed by atoms with Crippen LogP contribution in [0.1, 0.15) is 44.4 Å². The third-order valence-corrected chi connectivity index (χ3v) is 4.87. The van der Waals surface area contributed by atoms with Crippen LogP contribution >= 0.6 is 0 Å². The zero-order valence-corrected chi connectivity index (χ0v) is 16.0. The van der Waals surface area contributed by atoms with E-state index in [2.05, 4.69) is 23.8 Å². The summed E-state index contributed by atoms with van der Waals surface area (Å²) in [5.74, 6) is -0.725. The molecule has 0 spiro atoms. The topological polar surface area (TPSA) is 84.3 Å². The number of nitrogens with zero attached hydrogens (tertiary/aromatic N) is 3. The number of anilines is 1. The minimum Gasteiger partial charge on any atom is -0.310 e. The molecule has 7 nitrogen and oxygen atoms in total.